The van der Waals surface area contributed by atoms with E-state index in [9.17, 15) is 10.1 Å². The molecule has 0 aliphatic carbocycles. The molecule has 1 aromatic rings. The predicted molar refractivity (Wildman–Crippen MR) is 71.8 cm³/mol. The largest absolute Gasteiger partial charge is 0.396 e. The summed E-state index contributed by atoms with van der Waals surface area (Å²) in [7, 11) is 0. The smallest absolute Gasteiger partial charge is 0.295 e. The molecular weight excluding hydrogens is 232 g/mol. The minimum Gasteiger partial charge on any atom is -0.396 e. The van der Waals surface area contributed by atoms with E-state index in [0.29, 0.717) is 30.1 Å². The van der Waals surface area contributed by atoms with Gasteiger partial charge in [-0.25, -0.2) is 0 Å². The lowest BCUT2D eigenvalue weighted by Crippen LogP contribution is -2.15. The second-order valence-corrected chi connectivity index (χ2v) is 4.40. The molecule has 18 heavy (non-hydrogen) atoms. The van der Waals surface area contributed by atoms with Crippen LogP contribution in [-0.2, 0) is 0 Å². The predicted octanol–water partition coefficient (Wildman–Crippen LogP) is 2.72. The molecule has 0 fully saturated rings. The first-order valence-corrected chi connectivity index (χ1v) is 6.18. The minimum absolute atomic E-state index is 0.136. The highest BCUT2D eigenvalue weighted by molar-refractivity contribution is 5.64. The number of hydrogen-bond acceptors (Lipinski definition) is 4. The fourth-order valence-corrected chi connectivity index (χ4v) is 1.93. The summed E-state index contributed by atoms with van der Waals surface area (Å²) in [6.07, 6.45) is 1.65. The van der Waals surface area contributed by atoms with Crippen LogP contribution in [0.3, 0.4) is 0 Å². The van der Waals surface area contributed by atoms with Gasteiger partial charge in [-0.2, -0.15) is 0 Å². The van der Waals surface area contributed by atoms with Crippen LogP contribution in [0.5, 0.6) is 0 Å². The summed E-state index contributed by atoms with van der Waals surface area (Å²) in [5.41, 5.74) is 1.34. The summed E-state index contributed by atoms with van der Waals surface area (Å²) in [5.74, 6) is 0.329. The van der Waals surface area contributed by atoms with Gasteiger partial charge in [0.2, 0.25) is 0 Å². The number of nitrogens with zero attached hydrogens (tertiary/aromatic N) is 1. The summed E-state index contributed by atoms with van der Waals surface area (Å²) >= 11 is 0. The lowest BCUT2D eigenvalue weighted by atomic mass is 10.0. The second kappa shape index (κ2) is 6.96. The Balaban J connectivity index is 2.78. The number of nitrogens with one attached hydrogen (secondary N) is 1. The van der Waals surface area contributed by atoms with E-state index in [-0.39, 0.29) is 17.2 Å². The molecule has 1 rings (SSSR count). The van der Waals surface area contributed by atoms with Crippen molar-refractivity contribution in [3.05, 3.63) is 33.9 Å². The van der Waals surface area contributed by atoms with E-state index in [1.54, 1.807) is 25.1 Å². The van der Waals surface area contributed by atoms with E-state index in [0.717, 1.165) is 6.42 Å². The topological polar surface area (TPSA) is 75.4 Å². The molecule has 0 heterocycles. The summed E-state index contributed by atoms with van der Waals surface area (Å²) in [6.45, 7) is 4.57. The molecule has 0 aromatic heterocycles. The molecule has 0 aliphatic rings. The number of aliphatic hydroxyl groups excluding tert-OH is 1. The van der Waals surface area contributed by atoms with Crippen LogP contribution >= 0.6 is 0 Å². The second-order valence-electron chi connectivity index (χ2n) is 4.40. The van der Waals surface area contributed by atoms with Gasteiger partial charge in [0.1, 0.15) is 5.69 Å². The minimum atomic E-state index is -0.356. The van der Waals surface area contributed by atoms with Gasteiger partial charge >= 0.3 is 0 Å². The zero-order valence-electron chi connectivity index (χ0n) is 10.8. The van der Waals surface area contributed by atoms with Crippen molar-refractivity contribution >= 4 is 11.4 Å². The monoisotopic (exact) mass is 252 g/mol. The lowest BCUT2D eigenvalue weighted by molar-refractivity contribution is -0.384. The Labute approximate surface area is 107 Å². The van der Waals surface area contributed by atoms with Crippen LogP contribution in [0.2, 0.25) is 0 Å². The fourth-order valence-electron chi connectivity index (χ4n) is 1.93. The van der Waals surface area contributed by atoms with Gasteiger partial charge in [-0.3, -0.25) is 10.1 Å². The first kappa shape index (κ1) is 14.4. The van der Waals surface area contributed by atoms with E-state index in [1.165, 1.54) is 0 Å². The number of anilines is 1. The van der Waals surface area contributed by atoms with Gasteiger partial charge in [-0.1, -0.05) is 25.5 Å². The third kappa shape index (κ3) is 3.70. The first-order chi connectivity index (χ1) is 8.60. The average Bonchev–Trinajstić information content (AvgIpc) is 2.33. The highest BCUT2D eigenvalue weighted by Crippen LogP contribution is 2.28. The van der Waals surface area contributed by atoms with Gasteiger partial charge in [-0.05, 0) is 25.3 Å². The van der Waals surface area contributed by atoms with Gasteiger partial charge < -0.3 is 10.4 Å². The maximum Gasteiger partial charge on any atom is 0.295 e. The number of aliphatic hydroxyl groups is 1. The SMILES string of the molecule is CCC(CCO)CNc1cccc(C)c1[N+](=O)[O-]. The third-order valence-electron chi connectivity index (χ3n) is 3.12. The summed E-state index contributed by atoms with van der Waals surface area (Å²) in [4.78, 5) is 10.7. The van der Waals surface area contributed by atoms with E-state index in [2.05, 4.69) is 5.32 Å². The van der Waals surface area contributed by atoms with Crippen molar-refractivity contribution in [2.45, 2.75) is 26.7 Å². The standard InChI is InChI=1S/C13H20N2O3/c1-3-11(7-8-16)9-14-12-6-4-5-10(2)13(12)15(17)18/h4-6,11,14,16H,3,7-9H2,1-2H3. The number of nitro groups is 1. The molecule has 5 heteroatoms. The number of benzene rings is 1. The molecule has 0 saturated carbocycles. The molecule has 5 nitrogen and oxygen atoms in total. The Morgan fingerprint density at radius 2 is 2.22 bits per heavy atom. The number of rotatable bonds is 7. The molecular formula is C13H20N2O3. The van der Waals surface area contributed by atoms with Crippen LogP contribution in [0, 0.1) is 23.0 Å². The van der Waals surface area contributed by atoms with Gasteiger partial charge in [0.05, 0.1) is 4.92 Å². The van der Waals surface area contributed by atoms with Gasteiger partial charge in [0.25, 0.3) is 5.69 Å². The number of nitro benzene ring substituents is 1. The Morgan fingerprint density at radius 3 is 2.78 bits per heavy atom. The molecule has 1 aromatic carbocycles. The molecule has 100 valence electrons. The fraction of sp³-hybridized carbons (Fsp3) is 0.538. The summed E-state index contributed by atoms with van der Waals surface area (Å²) < 4.78 is 0. The maximum atomic E-state index is 11.0. The zero-order valence-corrected chi connectivity index (χ0v) is 10.8. The normalized spacial score (nSPS) is 12.2. The Kier molecular flexibility index (Phi) is 5.58. The van der Waals surface area contributed by atoms with Crippen LogP contribution in [0.25, 0.3) is 0 Å². The summed E-state index contributed by atoms with van der Waals surface area (Å²) in [6, 6.07) is 5.25. The van der Waals surface area contributed by atoms with Crippen molar-refractivity contribution in [1.82, 2.24) is 0 Å². The van der Waals surface area contributed by atoms with E-state index >= 15 is 0 Å². The van der Waals surface area contributed by atoms with Crippen molar-refractivity contribution in [3.63, 3.8) is 0 Å². The van der Waals surface area contributed by atoms with Crippen LogP contribution in [0.15, 0.2) is 18.2 Å². The Hall–Kier alpha value is -1.62. The molecule has 0 aliphatic heterocycles. The number of aryl methyl sites for hydroxylation is 1. The van der Waals surface area contributed by atoms with Crippen molar-refractivity contribution in [2.75, 3.05) is 18.5 Å². The molecule has 0 radical (unpaired) electrons. The van der Waals surface area contributed by atoms with Crippen LogP contribution in [0.1, 0.15) is 25.3 Å². The van der Waals surface area contributed by atoms with Gasteiger partial charge in [0, 0.05) is 18.7 Å². The van der Waals surface area contributed by atoms with Crippen molar-refractivity contribution in [3.8, 4) is 0 Å². The lowest BCUT2D eigenvalue weighted by Gasteiger charge is -2.15. The Bertz CT molecular complexity index is 407. The highest BCUT2D eigenvalue weighted by Gasteiger charge is 2.17. The van der Waals surface area contributed by atoms with E-state index in [1.807, 2.05) is 6.92 Å². The van der Waals surface area contributed by atoms with Crippen LogP contribution in [-0.4, -0.2) is 23.2 Å². The van der Waals surface area contributed by atoms with Crippen molar-refractivity contribution in [2.24, 2.45) is 5.92 Å². The van der Waals surface area contributed by atoms with Gasteiger partial charge in [-0.15, -0.1) is 0 Å². The van der Waals surface area contributed by atoms with Crippen LogP contribution < -0.4 is 5.32 Å². The highest BCUT2D eigenvalue weighted by atomic mass is 16.6. The molecule has 1 unspecified atom stereocenters. The van der Waals surface area contributed by atoms with Crippen molar-refractivity contribution < 1.29 is 10.0 Å². The van der Waals surface area contributed by atoms with Gasteiger partial charge in [0.15, 0.2) is 0 Å². The quantitative estimate of drug-likeness (QED) is 0.578. The molecule has 1 atom stereocenters. The number of para-hydroxylation sites is 1. The molecule has 0 spiro atoms. The maximum absolute atomic E-state index is 11.0. The molecule has 2 N–H and O–H groups in total. The first-order valence-electron chi connectivity index (χ1n) is 6.18. The summed E-state index contributed by atoms with van der Waals surface area (Å²) in [5, 5.41) is 23.0. The zero-order chi connectivity index (χ0) is 13.5. The van der Waals surface area contributed by atoms with E-state index < -0.39 is 0 Å². The average molecular weight is 252 g/mol. The Morgan fingerprint density at radius 1 is 1.50 bits per heavy atom. The number of hydrogen-bond donors (Lipinski definition) is 2. The van der Waals surface area contributed by atoms with E-state index in [4.69, 9.17) is 5.11 Å². The van der Waals surface area contributed by atoms with Crippen molar-refractivity contribution in [1.29, 1.82) is 0 Å². The molecule has 0 saturated heterocycles. The third-order valence-corrected chi connectivity index (χ3v) is 3.12. The molecule has 0 amide bonds. The van der Waals surface area contributed by atoms with Crippen LogP contribution in [0.4, 0.5) is 11.4 Å². The molecule has 0 bridgehead atoms.